The van der Waals surface area contributed by atoms with Gasteiger partial charge in [-0.15, -0.1) is 0 Å². The van der Waals surface area contributed by atoms with E-state index in [0.29, 0.717) is 23.2 Å². The summed E-state index contributed by atoms with van der Waals surface area (Å²) in [6, 6.07) is 5.34. The van der Waals surface area contributed by atoms with E-state index in [0.717, 1.165) is 12.8 Å². The number of aryl methyl sites for hydroxylation is 1. The van der Waals surface area contributed by atoms with E-state index >= 15 is 0 Å². The number of fused-ring (bicyclic) bond motifs is 1. The summed E-state index contributed by atoms with van der Waals surface area (Å²) in [6.45, 7) is 6.53. The average Bonchev–Trinajstić information content (AvgIpc) is 2.47. The van der Waals surface area contributed by atoms with Crippen molar-refractivity contribution in [2.24, 2.45) is 0 Å². The van der Waals surface area contributed by atoms with Crippen molar-refractivity contribution < 1.29 is 14.6 Å². The number of methoxy groups -OCH3 is 1. The van der Waals surface area contributed by atoms with E-state index in [1.807, 2.05) is 13.8 Å². The Bertz CT molecular complexity index is 719. The van der Waals surface area contributed by atoms with Gasteiger partial charge in [-0.1, -0.05) is 13.3 Å². The van der Waals surface area contributed by atoms with Crippen LogP contribution in [-0.4, -0.2) is 22.9 Å². The molecule has 0 aliphatic heterocycles. The summed E-state index contributed by atoms with van der Waals surface area (Å²) >= 11 is 0. The molecule has 0 radical (unpaired) electrons. The number of benzene rings is 1. The van der Waals surface area contributed by atoms with Gasteiger partial charge in [0.05, 0.1) is 18.7 Å². The standard InChI is InChI=1S/C17H23NO4/c1-5-6-9-18-14-10-12(22-11(2)3)7-8-13(14)15(19)16(21-4)17(18)20/h7-8,10-11,19H,5-6,9H2,1-4H3. The fourth-order valence-corrected chi connectivity index (χ4v) is 2.46. The molecule has 0 unspecified atom stereocenters. The molecule has 1 heterocycles. The fraction of sp³-hybridized carbons (Fsp3) is 0.471. The Morgan fingerprint density at radius 2 is 2.05 bits per heavy atom. The third-order valence-electron chi connectivity index (χ3n) is 3.48. The second kappa shape index (κ2) is 6.73. The predicted molar refractivity (Wildman–Crippen MR) is 87.1 cm³/mol. The Labute approximate surface area is 130 Å². The van der Waals surface area contributed by atoms with Crippen molar-refractivity contribution in [3.8, 4) is 17.2 Å². The number of hydrogen-bond acceptors (Lipinski definition) is 4. The van der Waals surface area contributed by atoms with E-state index in [1.54, 1.807) is 22.8 Å². The second-order valence-corrected chi connectivity index (χ2v) is 5.54. The highest BCUT2D eigenvalue weighted by atomic mass is 16.5. The Morgan fingerprint density at radius 3 is 2.64 bits per heavy atom. The highest BCUT2D eigenvalue weighted by molar-refractivity contribution is 5.88. The molecule has 5 nitrogen and oxygen atoms in total. The summed E-state index contributed by atoms with van der Waals surface area (Å²) < 4.78 is 12.4. The molecule has 2 rings (SSSR count). The Balaban J connectivity index is 2.70. The number of pyridine rings is 1. The van der Waals surface area contributed by atoms with Crippen molar-refractivity contribution in [3.05, 3.63) is 28.6 Å². The van der Waals surface area contributed by atoms with Gasteiger partial charge in [-0.3, -0.25) is 4.79 Å². The van der Waals surface area contributed by atoms with E-state index in [-0.39, 0.29) is 23.2 Å². The first-order valence-corrected chi connectivity index (χ1v) is 7.59. The summed E-state index contributed by atoms with van der Waals surface area (Å²) in [6.07, 6.45) is 1.89. The molecule has 0 bridgehead atoms. The van der Waals surface area contributed by atoms with E-state index in [9.17, 15) is 9.90 Å². The number of aromatic hydroxyl groups is 1. The number of rotatable bonds is 6. The SMILES string of the molecule is CCCCn1c(=O)c(OC)c(O)c2ccc(OC(C)C)cc21. The smallest absolute Gasteiger partial charge is 0.297 e. The van der Waals surface area contributed by atoms with Gasteiger partial charge in [0.25, 0.3) is 5.56 Å². The number of aromatic nitrogens is 1. The monoisotopic (exact) mass is 305 g/mol. The van der Waals surface area contributed by atoms with Gasteiger partial charge >= 0.3 is 0 Å². The Kier molecular flexibility index (Phi) is 4.96. The van der Waals surface area contributed by atoms with E-state index < -0.39 is 0 Å². The summed E-state index contributed by atoms with van der Waals surface area (Å²) in [5.41, 5.74) is 0.345. The van der Waals surface area contributed by atoms with Gasteiger partial charge in [-0.25, -0.2) is 0 Å². The molecule has 0 amide bonds. The van der Waals surface area contributed by atoms with Crippen molar-refractivity contribution >= 4 is 10.9 Å². The predicted octanol–water partition coefficient (Wildman–Crippen LogP) is 3.30. The molecule has 1 N–H and O–H groups in total. The lowest BCUT2D eigenvalue weighted by molar-refractivity contribution is 0.242. The number of unbranched alkanes of at least 4 members (excludes halogenated alkanes) is 1. The van der Waals surface area contributed by atoms with Crippen LogP contribution in [0.4, 0.5) is 0 Å². The maximum atomic E-state index is 12.5. The lowest BCUT2D eigenvalue weighted by Crippen LogP contribution is -2.22. The molecule has 0 atom stereocenters. The minimum absolute atomic E-state index is 0.0128. The summed E-state index contributed by atoms with van der Waals surface area (Å²) in [5.74, 6) is 0.546. The molecular formula is C17H23NO4. The van der Waals surface area contributed by atoms with Crippen LogP contribution in [0.25, 0.3) is 10.9 Å². The first-order chi connectivity index (χ1) is 10.5. The van der Waals surface area contributed by atoms with Crippen LogP contribution in [-0.2, 0) is 6.54 Å². The summed E-state index contributed by atoms with van der Waals surface area (Å²) in [7, 11) is 1.39. The van der Waals surface area contributed by atoms with E-state index in [1.165, 1.54) is 7.11 Å². The van der Waals surface area contributed by atoms with Gasteiger partial charge in [0.2, 0.25) is 5.75 Å². The van der Waals surface area contributed by atoms with Crippen molar-refractivity contribution in [3.63, 3.8) is 0 Å². The number of nitrogens with zero attached hydrogens (tertiary/aromatic N) is 1. The maximum absolute atomic E-state index is 12.5. The van der Waals surface area contributed by atoms with Crippen molar-refractivity contribution in [2.75, 3.05) is 7.11 Å². The zero-order valence-electron chi connectivity index (χ0n) is 13.5. The number of hydrogen-bond donors (Lipinski definition) is 1. The van der Waals surface area contributed by atoms with Gasteiger partial charge in [-0.2, -0.15) is 0 Å². The van der Waals surface area contributed by atoms with Gasteiger partial charge in [0.15, 0.2) is 5.75 Å². The van der Waals surface area contributed by atoms with Crippen LogP contribution in [0, 0.1) is 0 Å². The van der Waals surface area contributed by atoms with Gasteiger partial charge in [-0.05, 0) is 32.4 Å². The minimum atomic E-state index is -0.317. The zero-order chi connectivity index (χ0) is 16.3. The molecular weight excluding hydrogens is 282 g/mol. The molecule has 0 spiro atoms. The quantitative estimate of drug-likeness (QED) is 0.889. The second-order valence-electron chi connectivity index (χ2n) is 5.54. The molecule has 0 aliphatic carbocycles. The molecule has 5 heteroatoms. The molecule has 22 heavy (non-hydrogen) atoms. The zero-order valence-corrected chi connectivity index (χ0v) is 13.5. The molecule has 2 aromatic rings. The average molecular weight is 305 g/mol. The van der Waals surface area contributed by atoms with Crippen molar-refractivity contribution in [2.45, 2.75) is 46.3 Å². The summed E-state index contributed by atoms with van der Waals surface area (Å²) in [5, 5.41) is 10.9. The van der Waals surface area contributed by atoms with Crippen molar-refractivity contribution in [1.29, 1.82) is 0 Å². The van der Waals surface area contributed by atoms with Crippen LogP contribution in [0.2, 0.25) is 0 Å². The molecule has 0 aliphatic rings. The van der Waals surface area contributed by atoms with Gasteiger partial charge in [0, 0.05) is 18.0 Å². The normalized spacial score (nSPS) is 11.1. The van der Waals surface area contributed by atoms with E-state index in [2.05, 4.69) is 6.92 Å². The van der Waals surface area contributed by atoms with Crippen LogP contribution in [0.1, 0.15) is 33.6 Å². The minimum Gasteiger partial charge on any atom is -0.504 e. The fourth-order valence-electron chi connectivity index (χ4n) is 2.46. The Hall–Kier alpha value is -2.17. The largest absolute Gasteiger partial charge is 0.504 e. The van der Waals surface area contributed by atoms with E-state index in [4.69, 9.17) is 9.47 Å². The topological polar surface area (TPSA) is 60.7 Å². The van der Waals surface area contributed by atoms with Crippen LogP contribution in [0.15, 0.2) is 23.0 Å². The van der Waals surface area contributed by atoms with Crippen LogP contribution >= 0.6 is 0 Å². The summed E-state index contributed by atoms with van der Waals surface area (Å²) in [4.78, 5) is 12.5. The third kappa shape index (κ3) is 3.03. The van der Waals surface area contributed by atoms with Gasteiger partial charge < -0.3 is 19.1 Å². The molecule has 1 aromatic carbocycles. The van der Waals surface area contributed by atoms with Crippen LogP contribution < -0.4 is 15.0 Å². The lowest BCUT2D eigenvalue weighted by Gasteiger charge is -2.16. The molecule has 1 aromatic heterocycles. The highest BCUT2D eigenvalue weighted by Gasteiger charge is 2.17. The first-order valence-electron chi connectivity index (χ1n) is 7.59. The maximum Gasteiger partial charge on any atom is 0.297 e. The molecule has 120 valence electrons. The highest BCUT2D eigenvalue weighted by Crippen LogP contribution is 2.33. The Morgan fingerprint density at radius 1 is 1.32 bits per heavy atom. The van der Waals surface area contributed by atoms with Crippen LogP contribution in [0.5, 0.6) is 17.2 Å². The third-order valence-corrected chi connectivity index (χ3v) is 3.48. The van der Waals surface area contributed by atoms with Crippen molar-refractivity contribution in [1.82, 2.24) is 4.57 Å². The first kappa shape index (κ1) is 16.2. The molecule has 0 fully saturated rings. The molecule has 0 saturated heterocycles. The lowest BCUT2D eigenvalue weighted by atomic mass is 10.1. The number of ether oxygens (including phenoxy) is 2. The molecule has 0 saturated carbocycles. The van der Waals surface area contributed by atoms with Gasteiger partial charge in [0.1, 0.15) is 5.75 Å². The van der Waals surface area contributed by atoms with Crippen LogP contribution in [0.3, 0.4) is 0 Å².